The molecule has 142 valence electrons. The minimum Gasteiger partial charge on any atom is -0.481 e. The minimum absolute atomic E-state index is 0.0768. The van der Waals surface area contributed by atoms with E-state index in [0.717, 1.165) is 5.56 Å². The Morgan fingerprint density at radius 3 is 2.37 bits per heavy atom. The second-order valence-electron chi connectivity index (χ2n) is 7.12. The van der Waals surface area contributed by atoms with Gasteiger partial charge in [-0.1, -0.05) is 55.8 Å². The molecule has 1 saturated heterocycles. The van der Waals surface area contributed by atoms with Gasteiger partial charge in [0.2, 0.25) is 0 Å². The molecule has 1 amide bonds. The summed E-state index contributed by atoms with van der Waals surface area (Å²) in [5.41, 5.74) is -0.0268. The minimum atomic E-state index is -0.976. The maximum Gasteiger partial charge on any atom is 0.314 e. The molecule has 0 bridgehead atoms. The molecule has 1 aliphatic heterocycles. The lowest BCUT2D eigenvalue weighted by molar-refractivity contribution is -0.145. The summed E-state index contributed by atoms with van der Waals surface area (Å²) >= 11 is 6.15. The van der Waals surface area contributed by atoms with Crippen LogP contribution in [0.1, 0.15) is 54.5 Å². The second kappa shape index (κ2) is 7.64. The largest absolute Gasteiger partial charge is 0.481 e. The maximum atomic E-state index is 12.9. The van der Waals surface area contributed by atoms with Gasteiger partial charge in [0.25, 0.3) is 5.91 Å². The first-order valence-corrected chi connectivity index (χ1v) is 9.33. The van der Waals surface area contributed by atoms with Crippen molar-refractivity contribution in [2.45, 2.75) is 38.0 Å². The fourth-order valence-corrected chi connectivity index (χ4v) is 3.61. The number of carbonyl (C=O) groups excluding carboxylic acids is 1. The van der Waals surface area contributed by atoms with Crippen LogP contribution in [0.5, 0.6) is 0 Å². The number of likely N-dealkylation sites (tertiary alicyclic amines) is 1. The van der Waals surface area contributed by atoms with Gasteiger partial charge in [-0.2, -0.15) is 0 Å². The van der Waals surface area contributed by atoms with Crippen LogP contribution in [0.25, 0.3) is 0 Å². The number of benzene rings is 1. The topological polar surface area (TPSA) is 83.4 Å². The Morgan fingerprint density at radius 1 is 1.19 bits per heavy atom. The number of carboxylic acid groups (broad SMARTS) is 1. The van der Waals surface area contributed by atoms with E-state index < -0.39 is 11.4 Å². The fourth-order valence-electron chi connectivity index (χ4n) is 3.43. The molecule has 0 spiro atoms. The van der Waals surface area contributed by atoms with Crippen molar-refractivity contribution in [2.24, 2.45) is 0 Å². The van der Waals surface area contributed by atoms with Gasteiger partial charge in [-0.05, 0) is 18.4 Å². The molecule has 3 rings (SSSR count). The Labute approximate surface area is 163 Å². The Balaban J connectivity index is 1.82. The predicted octanol–water partition coefficient (Wildman–Crippen LogP) is 3.51. The number of carbonyl (C=O) groups is 2. The number of hydrogen-bond acceptors (Lipinski definition) is 4. The summed E-state index contributed by atoms with van der Waals surface area (Å²) in [6, 6.07) is 9.21. The lowest BCUT2D eigenvalue weighted by atomic mass is 9.73. The summed E-state index contributed by atoms with van der Waals surface area (Å²) in [5.74, 6) is -0.504. The monoisotopic (exact) mass is 387 g/mol. The van der Waals surface area contributed by atoms with Crippen molar-refractivity contribution in [3.8, 4) is 0 Å². The molecule has 2 aromatic rings. The highest BCUT2D eigenvalue weighted by Crippen LogP contribution is 2.36. The van der Waals surface area contributed by atoms with Crippen LogP contribution in [0, 0.1) is 0 Å². The molecule has 27 heavy (non-hydrogen) atoms. The van der Waals surface area contributed by atoms with Gasteiger partial charge in [0.15, 0.2) is 5.69 Å². The van der Waals surface area contributed by atoms with E-state index in [2.05, 4.69) is 9.97 Å². The number of piperidine rings is 1. The van der Waals surface area contributed by atoms with Gasteiger partial charge in [-0.15, -0.1) is 0 Å². The maximum absolute atomic E-state index is 12.9. The van der Waals surface area contributed by atoms with E-state index in [1.807, 2.05) is 44.2 Å². The highest BCUT2D eigenvalue weighted by atomic mass is 35.5. The zero-order chi connectivity index (χ0) is 19.6. The molecular weight excluding hydrogens is 366 g/mol. The van der Waals surface area contributed by atoms with Crippen molar-refractivity contribution >= 4 is 23.5 Å². The van der Waals surface area contributed by atoms with Gasteiger partial charge >= 0.3 is 5.97 Å². The van der Waals surface area contributed by atoms with E-state index in [0.29, 0.717) is 31.8 Å². The van der Waals surface area contributed by atoms with Gasteiger partial charge in [0.05, 0.1) is 16.6 Å². The zero-order valence-corrected chi connectivity index (χ0v) is 16.1. The highest BCUT2D eigenvalue weighted by molar-refractivity contribution is 6.33. The molecule has 1 aromatic carbocycles. The Bertz CT molecular complexity index is 847. The first kappa shape index (κ1) is 19.3. The molecule has 1 N–H and O–H groups in total. The fraction of sp³-hybridized carbons (Fsp3) is 0.400. The molecule has 1 aromatic heterocycles. The van der Waals surface area contributed by atoms with Crippen LogP contribution in [0.3, 0.4) is 0 Å². The number of rotatable bonds is 4. The molecule has 2 heterocycles. The van der Waals surface area contributed by atoms with E-state index in [1.165, 1.54) is 6.20 Å². The summed E-state index contributed by atoms with van der Waals surface area (Å²) < 4.78 is 0. The van der Waals surface area contributed by atoms with Crippen LogP contribution in [0.2, 0.25) is 5.02 Å². The number of halogens is 1. The molecule has 0 saturated carbocycles. The van der Waals surface area contributed by atoms with Crippen molar-refractivity contribution in [1.29, 1.82) is 0 Å². The van der Waals surface area contributed by atoms with E-state index in [1.54, 1.807) is 4.90 Å². The molecule has 1 aliphatic rings. The lowest BCUT2D eigenvalue weighted by Crippen LogP contribution is -2.49. The number of carboxylic acids is 1. The molecular formula is C20H22ClN3O3. The zero-order valence-electron chi connectivity index (χ0n) is 15.4. The van der Waals surface area contributed by atoms with E-state index in [-0.39, 0.29) is 22.5 Å². The van der Waals surface area contributed by atoms with Gasteiger partial charge in [0, 0.05) is 19.0 Å². The molecule has 0 radical (unpaired) electrons. The molecule has 0 aliphatic carbocycles. The third-order valence-electron chi connectivity index (χ3n) is 5.12. The van der Waals surface area contributed by atoms with Crippen LogP contribution in [0.15, 0.2) is 36.5 Å². The van der Waals surface area contributed by atoms with E-state index >= 15 is 0 Å². The average molecular weight is 388 g/mol. The van der Waals surface area contributed by atoms with Crippen LogP contribution in [0.4, 0.5) is 0 Å². The summed E-state index contributed by atoms with van der Waals surface area (Å²) in [4.78, 5) is 35.1. The standard InChI is InChI=1S/C20H22ClN3O3/c1-13(2)17-22-12-15(21)16(23-17)18(25)24-10-8-20(9-11-24,19(26)27)14-6-4-3-5-7-14/h3-7,12-13H,8-11H2,1-2H3,(H,26,27). The molecule has 0 atom stereocenters. The lowest BCUT2D eigenvalue weighted by Gasteiger charge is -2.39. The average Bonchev–Trinajstić information content (AvgIpc) is 2.68. The van der Waals surface area contributed by atoms with Crippen molar-refractivity contribution in [3.05, 3.63) is 58.6 Å². The van der Waals surface area contributed by atoms with Crippen LogP contribution < -0.4 is 0 Å². The Morgan fingerprint density at radius 2 is 1.81 bits per heavy atom. The van der Waals surface area contributed by atoms with Crippen molar-refractivity contribution in [3.63, 3.8) is 0 Å². The first-order chi connectivity index (χ1) is 12.8. The van der Waals surface area contributed by atoms with Crippen molar-refractivity contribution in [2.75, 3.05) is 13.1 Å². The highest BCUT2D eigenvalue weighted by Gasteiger charge is 2.44. The summed E-state index contributed by atoms with van der Waals surface area (Å²) in [5, 5.41) is 10.1. The molecule has 0 unspecified atom stereocenters. The van der Waals surface area contributed by atoms with Gasteiger partial charge in [0.1, 0.15) is 5.82 Å². The number of nitrogens with zero attached hydrogens (tertiary/aromatic N) is 3. The molecule has 6 nitrogen and oxygen atoms in total. The van der Waals surface area contributed by atoms with Crippen LogP contribution in [-0.2, 0) is 10.2 Å². The van der Waals surface area contributed by atoms with Gasteiger partial charge in [-0.3, -0.25) is 9.59 Å². The normalized spacial score (nSPS) is 16.4. The summed E-state index contributed by atoms with van der Waals surface area (Å²) in [7, 11) is 0. The quantitative estimate of drug-likeness (QED) is 0.867. The number of hydrogen-bond donors (Lipinski definition) is 1. The van der Waals surface area contributed by atoms with E-state index in [9.17, 15) is 14.7 Å². The smallest absolute Gasteiger partial charge is 0.314 e. The Kier molecular flexibility index (Phi) is 5.46. The van der Waals surface area contributed by atoms with Crippen molar-refractivity contribution in [1.82, 2.24) is 14.9 Å². The van der Waals surface area contributed by atoms with Gasteiger partial charge < -0.3 is 10.0 Å². The van der Waals surface area contributed by atoms with Gasteiger partial charge in [-0.25, -0.2) is 9.97 Å². The third-order valence-corrected chi connectivity index (χ3v) is 5.40. The Hall–Kier alpha value is -2.47. The predicted molar refractivity (Wildman–Crippen MR) is 102 cm³/mol. The summed E-state index contributed by atoms with van der Waals surface area (Å²) in [6.45, 7) is 4.55. The van der Waals surface area contributed by atoms with Crippen LogP contribution >= 0.6 is 11.6 Å². The molecule has 1 fully saturated rings. The first-order valence-electron chi connectivity index (χ1n) is 8.96. The third kappa shape index (κ3) is 3.67. The summed E-state index contributed by atoms with van der Waals surface area (Å²) in [6.07, 6.45) is 2.14. The van der Waals surface area contributed by atoms with E-state index in [4.69, 9.17) is 11.6 Å². The number of aliphatic carboxylic acids is 1. The van der Waals surface area contributed by atoms with Crippen LogP contribution in [-0.4, -0.2) is 44.9 Å². The number of amides is 1. The number of aromatic nitrogens is 2. The SMILES string of the molecule is CC(C)c1ncc(Cl)c(C(=O)N2CCC(C(=O)O)(c3ccccc3)CC2)n1. The molecule has 7 heteroatoms. The van der Waals surface area contributed by atoms with Crippen molar-refractivity contribution < 1.29 is 14.7 Å². The second-order valence-corrected chi connectivity index (χ2v) is 7.53.